The molecule has 2 heterocycles. The zero-order valence-corrected chi connectivity index (χ0v) is 23.4. The second-order valence-electron chi connectivity index (χ2n) is 9.64. The van der Waals surface area contributed by atoms with Crippen LogP contribution in [0.25, 0.3) is 10.9 Å². The molecule has 1 aromatic heterocycles. The quantitative estimate of drug-likeness (QED) is 0.223. The van der Waals surface area contributed by atoms with E-state index in [-0.39, 0.29) is 36.8 Å². The normalized spacial score (nSPS) is 17.0. The van der Waals surface area contributed by atoms with Crippen molar-refractivity contribution in [2.45, 2.75) is 31.0 Å². The summed E-state index contributed by atoms with van der Waals surface area (Å²) in [5, 5.41) is 26.4. The molecule has 12 nitrogen and oxygen atoms in total. The van der Waals surface area contributed by atoms with E-state index in [0.717, 1.165) is 27.1 Å². The van der Waals surface area contributed by atoms with Crippen LogP contribution in [0, 0.1) is 18.8 Å². The SMILES string of the molecule is Cc1cc(COc2ccc(S(=O)(=O)C[C@@H]3CCN(C(=O)O)C[C@@H]3C(=O)NO)cc2)c2ccccc2n1.O=C(O)C(F)(F)F. The summed E-state index contributed by atoms with van der Waals surface area (Å²) in [4.78, 5) is 37.9. The summed E-state index contributed by atoms with van der Waals surface area (Å²) in [5.41, 5.74) is 4.24. The van der Waals surface area contributed by atoms with Gasteiger partial charge in [0.2, 0.25) is 5.91 Å². The smallest absolute Gasteiger partial charge is 0.489 e. The van der Waals surface area contributed by atoms with Gasteiger partial charge in [0.05, 0.1) is 22.1 Å². The third-order valence-electron chi connectivity index (χ3n) is 6.66. The predicted octanol–water partition coefficient (Wildman–Crippen LogP) is 3.65. The van der Waals surface area contributed by atoms with E-state index in [9.17, 15) is 36.3 Å². The van der Waals surface area contributed by atoms with E-state index in [1.54, 1.807) is 12.1 Å². The van der Waals surface area contributed by atoms with Gasteiger partial charge in [0.25, 0.3) is 0 Å². The van der Waals surface area contributed by atoms with Crippen molar-refractivity contribution in [3.05, 3.63) is 65.9 Å². The number of hydrogen-bond donors (Lipinski definition) is 4. The Hall–Kier alpha value is -4.44. The molecular formula is C27H28F3N3O9S. The number of carboxylic acid groups (broad SMARTS) is 2. The van der Waals surface area contributed by atoms with Crippen molar-refractivity contribution in [3.8, 4) is 5.75 Å². The number of nitrogens with zero attached hydrogens (tertiary/aromatic N) is 2. The minimum absolute atomic E-state index is 0.0730. The zero-order chi connectivity index (χ0) is 31.9. The first-order valence-electron chi connectivity index (χ1n) is 12.6. The number of aliphatic carboxylic acids is 1. The van der Waals surface area contributed by atoms with Crippen LogP contribution in [-0.4, -0.2) is 76.7 Å². The van der Waals surface area contributed by atoms with Crippen LogP contribution in [0.2, 0.25) is 0 Å². The average molecular weight is 628 g/mol. The fourth-order valence-electron chi connectivity index (χ4n) is 4.55. The highest BCUT2D eigenvalue weighted by molar-refractivity contribution is 7.91. The number of aromatic nitrogens is 1. The first-order valence-corrected chi connectivity index (χ1v) is 14.3. The number of ether oxygens (including phenoxy) is 1. The first-order chi connectivity index (χ1) is 20.1. The van der Waals surface area contributed by atoms with Crippen molar-refractivity contribution < 1.29 is 56.1 Å². The number of rotatable bonds is 7. The van der Waals surface area contributed by atoms with E-state index in [0.29, 0.717) is 5.75 Å². The molecule has 232 valence electrons. The summed E-state index contributed by atoms with van der Waals surface area (Å²) in [6.07, 6.45) is -6.10. The summed E-state index contributed by atoms with van der Waals surface area (Å²) < 4.78 is 63.8. The number of carbonyl (C=O) groups is 3. The number of hydrogen-bond acceptors (Lipinski definition) is 8. The molecule has 4 N–H and O–H groups in total. The molecule has 0 spiro atoms. The summed E-state index contributed by atoms with van der Waals surface area (Å²) in [7, 11) is -3.78. The molecule has 0 unspecified atom stereocenters. The first kappa shape index (κ1) is 33.1. The van der Waals surface area contributed by atoms with E-state index < -0.39 is 45.8 Å². The zero-order valence-electron chi connectivity index (χ0n) is 22.6. The Morgan fingerprint density at radius 2 is 1.72 bits per heavy atom. The van der Waals surface area contributed by atoms with Crippen LogP contribution in [-0.2, 0) is 26.0 Å². The number of halogens is 3. The molecule has 1 saturated heterocycles. The highest BCUT2D eigenvalue weighted by Gasteiger charge is 2.39. The van der Waals surface area contributed by atoms with E-state index in [1.807, 2.05) is 37.3 Å². The fraction of sp³-hybridized carbons (Fsp3) is 0.333. The van der Waals surface area contributed by atoms with E-state index >= 15 is 0 Å². The second-order valence-corrected chi connectivity index (χ2v) is 11.7. The number of para-hydroxylation sites is 1. The Labute approximate surface area is 243 Å². The Bertz CT molecular complexity index is 1580. The molecule has 0 radical (unpaired) electrons. The lowest BCUT2D eigenvalue weighted by molar-refractivity contribution is -0.192. The summed E-state index contributed by atoms with van der Waals surface area (Å²) in [6.45, 7) is 2.13. The third kappa shape index (κ3) is 8.78. The Morgan fingerprint density at radius 3 is 2.30 bits per heavy atom. The number of hydroxylamine groups is 1. The molecule has 1 aliphatic heterocycles. The van der Waals surface area contributed by atoms with Gasteiger partial charge in [-0.15, -0.1) is 0 Å². The molecule has 2 atom stereocenters. The molecule has 1 fully saturated rings. The summed E-state index contributed by atoms with van der Waals surface area (Å²) in [5.74, 6) is -5.02. The van der Waals surface area contributed by atoms with Crippen molar-refractivity contribution in [1.82, 2.24) is 15.4 Å². The van der Waals surface area contributed by atoms with Crippen LogP contribution in [0.15, 0.2) is 59.5 Å². The van der Waals surface area contributed by atoms with E-state index in [1.165, 1.54) is 17.6 Å². The van der Waals surface area contributed by atoms with Crippen LogP contribution < -0.4 is 10.2 Å². The average Bonchev–Trinajstić information content (AvgIpc) is 2.95. The van der Waals surface area contributed by atoms with Crippen molar-refractivity contribution in [3.63, 3.8) is 0 Å². The standard InChI is InChI=1S/C25H27N3O7S.C2HF3O2/c1-16-12-18(21-4-2-3-5-23(21)26-16)14-35-19-6-8-20(9-7-19)36(33,34)15-17-10-11-28(25(30)31)13-22(17)24(29)27-32;3-2(4,5)1(6)7/h2-9,12,17,22,32H,10-11,13-15H2,1H3,(H,27,29)(H,30,31);(H,6,7)/t17-,22-;/m0./s1. The molecule has 4 rings (SSSR count). The molecule has 3 aromatic rings. The number of pyridine rings is 1. The molecule has 16 heteroatoms. The van der Waals surface area contributed by atoms with Gasteiger partial charge in [0.1, 0.15) is 12.4 Å². The molecule has 0 saturated carbocycles. The van der Waals surface area contributed by atoms with Gasteiger partial charge in [-0.05, 0) is 55.7 Å². The number of carboxylic acids is 1. The van der Waals surface area contributed by atoms with Crippen molar-refractivity contribution in [2.24, 2.45) is 11.8 Å². The number of fused-ring (bicyclic) bond motifs is 1. The van der Waals surface area contributed by atoms with Crippen LogP contribution in [0.1, 0.15) is 17.7 Å². The summed E-state index contributed by atoms with van der Waals surface area (Å²) >= 11 is 0. The minimum atomic E-state index is -5.08. The van der Waals surface area contributed by atoms with Crippen molar-refractivity contribution in [1.29, 1.82) is 0 Å². The number of benzene rings is 2. The van der Waals surface area contributed by atoms with Crippen molar-refractivity contribution >= 4 is 38.7 Å². The lowest BCUT2D eigenvalue weighted by Gasteiger charge is -2.35. The predicted molar refractivity (Wildman–Crippen MR) is 144 cm³/mol. The lowest BCUT2D eigenvalue weighted by Crippen LogP contribution is -2.50. The van der Waals surface area contributed by atoms with Gasteiger partial charge >= 0.3 is 18.2 Å². The number of likely N-dealkylation sites (tertiary alicyclic amines) is 1. The van der Waals surface area contributed by atoms with Gasteiger partial charge in [0.15, 0.2) is 9.84 Å². The van der Waals surface area contributed by atoms with Gasteiger partial charge in [0, 0.05) is 29.7 Å². The topological polar surface area (TPSA) is 183 Å². The molecule has 2 amide bonds. The molecule has 1 aliphatic rings. The Balaban J connectivity index is 0.000000646. The fourth-order valence-corrected chi connectivity index (χ4v) is 6.26. The molecule has 0 bridgehead atoms. The van der Waals surface area contributed by atoms with Crippen LogP contribution in [0.4, 0.5) is 18.0 Å². The maximum Gasteiger partial charge on any atom is 0.490 e. The van der Waals surface area contributed by atoms with Gasteiger partial charge in [-0.2, -0.15) is 13.2 Å². The van der Waals surface area contributed by atoms with Crippen molar-refractivity contribution in [2.75, 3.05) is 18.8 Å². The maximum atomic E-state index is 13.1. The van der Waals surface area contributed by atoms with Crippen LogP contribution in [0.3, 0.4) is 0 Å². The van der Waals surface area contributed by atoms with Gasteiger partial charge in [-0.1, -0.05) is 18.2 Å². The number of piperidine rings is 1. The van der Waals surface area contributed by atoms with Gasteiger partial charge < -0.3 is 19.8 Å². The number of aryl methyl sites for hydroxylation is 1. The molecule has 0 aliphatic carbocycles. The summed E-state index contributed by atoms with van der Waals surface area (Å²) in [6, 6.07) is 15.8. The van der Waals surface area contributed by atoms with E-state index in [2.05, 4.69) is 4.98 Å². The van der Waals surface area contributed by atoms with Crippen LogP contribution in [0.5, 0.6) is 5.75 Å². The van der Waals surface area contributed by atoms with E-state index in [4.69, 9.17) is 19.8 Å². The molecular weight excluding hydrogens is 599 g/mol. The van der Waals surface area contributed by atoms with Crippen LogP contribution >= 0.6 is 0 Å². The largest absolute Gasteiger partial charge is 0.490 e. The monoisotopic (exact) mass is 627 g/mol. The Kier molecular flexibility index (Phi) is 10.5. The Morgan fingerprint density at radius 1 is 1.09 bits per heavy atom. The molecule has 43 heavy (non-hydrogen) atoms. The maximum absolute atomic E-state index is 13.1. The third-order valence-corrected chi connectivity index (χ3v) is 8.51. The lowest BCUT2D eigenvalue weighted by atomic mass is 9.86. The van der Waals surface area contributed by atoms with Gasteiger partial charge in [-0.25, -0.2) is 23.5 Å². The number of sulfone groups is 1. The minimum Gasteiger partial charge on any atom is -0.489 e. The second kappa shape index (κ2) is 13.7. The highest BCUT2D eigenvalue weighted by atomic mass is 32.2. The molecule has 2 aromatic carbocycles. The number of alkyl halides is 3. The number of nitrogens with one attached hydrogen (secondary N) is 1. The number of amides is 2. The van der Waals surface area contributed by atoms with Gasteiger partial charge in [-0.3, -0.25) is 15.0 Å². The number of carbonyl (C=O) groups excluding carboxylic acids is 1. The highest BCUT2D eigenvalue weighted by Crippen LogP contribution is 2.29.